The summed E-state index contributed by atoms with van der Waals surface area (Å²) in [5.74, 6) is 1.54. The number of benzene rings is 2. The number of carbonyl (C=O) groups excluding carboxylic acids is 1. The van der Waals surface area contributed by atoms with Crippen molar-refractivity contribution in [3.8, 4) is 17.2 Å². The van der Waals surface area contributed by atoms with Crippen LogP contribution >= 0.6 is 0 Å². The van der Waals surface area contributed by atoms with Crippen LogP contribution in [-0.4, -0.2) is 27.2 Å². The van der Waals surface area contributed by atoms with E-state index in [0.717, 1.165) is 22.1 Å². The first-order valence-electron chi connectivity index (χ1n) is 8.99. The van der Waals surface area contributed by atoms with E-state index in [1.807, 2.05) is 25.1 Å². The molecule has 0 bridgehead atoms. The summed E-state index contributed by atoms with van der Waals surface area (Å²) in [5, 5.41) is 3.91. The quantitative estimate of drug-likeness (QED) is 0.669. The van der Waals surface area contributed by atoms with E-state index in [1.54, 1.807) is 27.6 Å². The highest BCUT2D eigenvalue weighted by molar-refractivity contribution is 5.88. The monoisotopic (exact) mass is 383 g/mol. The van der Waals surface area contributed by atoms with Gasteiger partial charge in [-0.2, -0.15) is 0 Å². The number of hydrogen-bond donors (Lipinski definition) is 1. The van der Waals surface area contributed by atoms with E-state index in [1.165, 1.54) is 11.1 Å². The standard InChI is InChI=1S/C22H25NO5/c1-13-6-17-16(12-28-18(17)7-14(13)2)10-21(24)23-11-15-8-19(25-3)22(27-5)20(9-15)26-4/h6-9,12H,10-11H2,1-5H3,(H,23,24). The zero-order valence-corrected chi connectivity index (χ0v) is 16.8. The second kappa shape index (κ2) is 8.25. The van der Waals surface area contributed by atoms with E-state index in [2.05, 4.69) is 18.3 Å². The van der Waals surface area contributed by atoms with Gasteiger partial charge in [-0.25, -0.2) is 0 Å². The number of ether oxygens (including phenoxy) is 3. The molecule has 0 atom stereocenters. The first kappa shape index (κ1) is 19.6. The van der Waals surface area contributed by atoms with Crippen LogP contribution in [-0.2, 0) is 17.8 Å². The second-order valence-corrected chi connectivity index (χ2v) is 6.68. The first-order valence-corrected chi connectivity index (χ1v) is 8.99. The molecule has 148 valence electrons. The lowest BCUT2D eigenvalue weighted by molar-refractivity contribution is -0.120. The Labute approximate surface area is 164 Å². The van der Waals surface area contributed by atoms with Crippen LogP contribution in [0, 0.1) is 13.8 Å². The molecule has 0 unspecified atom stereocenters. The van der Waals surface area contributed by atoms with E-state index in [9.17, 15) is 4.79 Å². The lowest BCUT2D eigenvalue weighted by atomic mass is 10.0. The fourth-order valence-corrected chi connectivity index (χ4v) is 3.15. The smallest absolute Gasteiger partial charge is 0.224 e. The Kier molecular flexibility index (Phi) is 5.78. The maximum Gasteiger partial charge on any atom is 0.224 e. The number of furan rings is 1. The van der Waals surface area contributed by atoms with Gasteiger partial charge in [0.1, 0.15) is 5.58 Å². The van der Waals surface area contributed by atoms with Gasteiger partial charge < -0.3 is 23.9 Å². The van der Waals surface area contributed by atoms with Gasteiger partial charge >= 0.3 is 0 Å². The Balaban J connectivity index is 1.72. The molecule has 1 heterocycles. The minimum absolute atomic E-state index is 0.0883. The highest BCUT2D eigenvalue weighted by Crippen LogP contribution is 2.38. The van der Waals surface area contributed by atoms with Crippen LogP contribution in [0.3, 0.4) is 0 Å². The van der Waals surface area contributed by atoms with Gasteiger partial charge in [0.05, 0.1) is 34.0 Å². The maximum atomic E-state index is 12.5. The minimum atomic E-state index is -0.0883. The van der Waals surface area contributed by atoms with E-state index >= 15 is 0 Å². The molecule has 3 aromatic rings. The Morgan fingerprint density at radius 1 is 0.964 bits per heavy atom. The van der Waals surface area contributed by atoms with Crippen molar-refractivity contribution in [2.75, 3.05) is 21.3 Å². The lowest BCUT2D eigenvalue weighted by Crippen LogP contribution is -2.24. The highest BCUT2D eigenvalue weighted by atomic mass is 16.5. The maximum absolute atomic E-state index is 12.5. The Hall–Kier alpha value is -3.15. The molecule has 3 rings (SSSR count). The molecule has 0 saturated carbocycles. The summed E-state index contributed by atoms with van der Waals surface area (Å²) in [7, 11) is 4.68. The Morgan fingerprint density at radius 3 is 2.21 bits per heavy atom. The summed E-state index contributed by atoms with van der Waals surface area (Å²) in [6.45, 7) is 4.45. The molecule has 2 aromatic carbocycles. The molecule has 6 nitrogen and oxygen atoms in total. The molecule has 0 aliphatic rings. The van der Waals surface area contributed by atoms with Crippen molar-refractivity contribution >= 4 is 16.9 Å². The zero-order valence-electron chi connectivity index (χ0n) is 16.8. The second-order valence-electron chi connectivity index (χ2n) is 6.68. The third-order valence-corrected chi connectivity index (χ3v) is 4.84. The summed E-state index contributed by atoms with van der Waals surface area (Å²) >= 11 is 0. The van der Waals surface area contributed by atoms with E-state index in [4.69, 9.17) is 18.6 Å². The SMILES string of the molecule is COc1cc(CNC(=O)Cc2coc3cc(C)c(C)cc23)cc(OC)c1OC. The van der Waals surface area contributed by atoms with Crippen molar-refractivity contribution in [1.82, 2.24) is 5.32 Å². The van der Waals surface area contributed by atoms with Gasteiger partial charge in [-0.05, 0) is 54.8 Å². The van der Waals surface area contributed by atoms with E-state index in [-0.39, 0.29) is 12.3 Å². The normalized spacial score (nSPS) is 10.8. The summed E-state index contributed by atoms with van der Waals surface area (Å²) in [4.78, 5) is 12.5. The van der Waals surface area contributed by atoms with Gasteiger partial charge in [0.25, 0.3) is 0 Å². The fourth-order valence-electron chi connectivity index (χ4n) is 3.15. The summed E-state index contributed by atoms with van der Waals surface area (Å²) in [6.07, 6.45) is 1.91. The topological polar surface area (TPSA) is 69.9 Å². The molecule has 0 fully saturated rings. The Bertz CT molecular complexity index is 981. The fraction of sp³-hybridized carbons (Fsp3) is 0.318. The van der Waals surface area contributed by atoms with Crippen LogP contribution in [0.25, 0.3) is 11.0 Å². The summed E-state index contributed by atoms with van der Waals surface area (Å²) in [6, 6.07) is 7.71. The molecular formula is C22H25NO5. The lowest BCUT2D eigenvalue weighted by Gasteiger charge is -2.14. The van der Waals surface area contributed by atoms with Crippen LogP contribution in [0.1, 0.15) is 22.3 Å². The van der Waals surface area contributed by atoms with Gasteiger partial charge in [0.15, 0.2) is 11.5 Å². The molecule has 0 saturated heterocycles. The number of carbonyl (C=O) groups is 1. The third-order valence-electron chi connectivity index (χ3n) is 4.84. The van der Waals surface area contributed by atoms with Crippen LogP contribution in [0.2, 0.25) is 0 Å². The van der Waals surface area contributed by atoms with Crippen molar-refractivity contribution in [3.05, 3.63) is 52.8 Å². The molecule has 0 aliphatic heterocycles. The van der Waals surface area contributed by atoms with E-state index in [0.29, 0.717) is 23.8 Å². The van der Waals surface area contributed by atoms with Gasteiger partial charge in [0.2, 0.25) is 11.7 Å². The molecule has 1 amide bonds. The van der Waals surface area contributed by atoms with Crippen LogP contribution in [0.4, 0.5) is 0 Å². The number of aryl methyl sites for hydroxylation is 2. The van der Waals surface area contributed by atoms with Crippen molar-refractivity contribution in [1.29, 1.82) is 0 Å². The number of fused-ring (bicyclic) bond motifs is 1. The first-order chi connectivity index (χ1) is 13.5. The van der Waals surface area contributed by atoms with Gasteiger partial charge in [0, 0.05) is 17.5 Å². The zero-order chi connectivity index (χ0) is 20.3. The molecule has 0 spiro atoms. The molecular weight excluding hydrogens is 358 g/mol. The molecule has 1 N–H and O–H groups in total. The van der Waals surface area contributed by atoms with Gasteiger partial charge in [-0.15, -0.1) is 0 Å². The van der Waals surface area contributed by atoms with Gasteiger partial charge in [-0.1, -0.05) is 0 Å². The molecule has 0 aliphatic carbocycles. The van der Waals surface area contributed by atoms with Crippen LogP contribution in [0.15, 0.2) is 34.9 Å². The molecule has 1 aromatic heterocycles. The number of amides is 1. The van der Waals surface area contributed by atoms with Crippen molar-refractivity contribution < 1.29 is 23.4 Å². The Morgan fingerprint density at radius 2 is 1.61 bits per heavy atom. The molecule has 0 radical (unpaired) electrons. The van der Waals surface area contributed by atoms with Crippen molar-refractivity contribution in [2.45, 2.75) is 26.8 Å². The number of methoxy groups -OCH3 is 3. The van der Waals surface area contributed by atoms with Crippen molar-refractivity contribution in [2.24, 2.45) is 0 Å². The highest BCUT2D eigenvalue weighted by Gasteiger charge is 2.15. The summed E-state index contributed by atoms with van der Waals surface area (Å²) in [5.41, 5.74) is 4.87. The van der Waals surface area contributed by atoms with Crippen LogP contribution in [0.5, 0.6) is 17.2 Å². The molecule has 6 heteroatoms. The summed E-state index contributed by atoms with van der Waals surface area (Å²) < 4.78 is 21.6. The number of nitrogens with one attached hydrogen (secondary N) is 1. The average molecular weight is 383 g/mol. The number of rotatable bonds is 7. The third kappa shape index (κ3) is 3.91. The molecule has 28 heavy (non-hydrogen) atoms. The van der Waals surface area contributed by atoms with E-state index < -0.39 is 0 Å². The predicted molar refractivity (Wildman–Crippen MR) is 107 cm³/mol. The predicted octanol–water partition coefficient (Wildman–Crippen LogP) is 3.93. The van der Waals surface area contributed by atoms with Crippen LogP contribution < -0.4 is 19.5 Å². The largest absolute Gasteiger partial charge is 0.493 e. The average Bonchev–Trinajstić information content (AvgIpc) is 3.07. The minimum Gasteiger partial charge on any atom is -0.493 e. The number of hydrogen-bond acceptors (Lipinski definition) is 5. The van der Waals surface area contributed by atoms with Crippen molar-refractivity contribution in [3.63, 3.8) is 0 Å². The van der Waals surface area contributed by atoms with Gasteiger partial charge in [-0.3, -0.25) is 4.79 Å².